The summed E-state index contributed by atoms with van der Waals surface area (Å²) in [6.07, 6.45) is 0.617. The van der Waals surface area contributed by atoms with E-state index < -0.39 is 5.41 Å². The van der Waals surface area contributed by atoms with Gasteiger partial charge in [-0.15, -0.1) is 0 Å². The second-order valence-corrected chi connectivity index (χ2v) is 4.87. The van der Waals surface area contributed by atoms with Crippen molar-refractivity contribution in [1.29, 1.82) is 0 Å². The fourth-order valence-electron chi connectivity index (χ4n) is 1.69. The van der Waals surface area contributed by atoms with Gasteiger partial charge in [0, 0.05) is 6.04 Å². The lowest BCUT2D eigenvalue weighted by Crippen LogP contribution is -2.45. The maximum Gasteiger partial charge on any atom is 0.312 e. The molecule has 18 heavy (non-hydrogen) atoms. The Balaban J connectivity index is 2.74. The number of benzene rings is 1. The van der Waals surface area contributed by atoms with E-state index in [-0.39, 0.29) is 12.0 Å². The van der Waals surface area contributed by atoms with Crippen LogP contribution in [0.2, 0.25) is 0 Å². The fraction of sp³-hybridized carbons (Fsp3) is 0.500. The topological polar surface area (TPSA) is 61.5 Å². The molecule has 0 aromatic heterocycles. The van der Waals surface area contributed by atoms with Crippen molar-refractivity contribution in [1.82, 2.24) is 0 Å². The van der Waals surface area contributed by atoms with E-state index in [1.807, 2.05) is 24.3 Å². The van der Waals surface area contributed by atoms with E-state index in [1.54, 1.807) is 21.0 Å². The molecule has 0 aliphatic rings. The van der Waals surface area contributed by atoms with Crippen LogP contribution in [-0.4, -0.2) is 26.2 Å². The molecule has 0 spiro atoms. The molecule has 0 saturated heterocycles. The van der Waals surface area contributed by atoms with Gasteiger partial charge in [-0.3, -0.25) is 4.79 Å². The number of carbonyl (C=O) groups is 1. The van der Waals surface area contributed by atoms with E-state index in [4.69, 9.17) is 15.2 Å². The summed E-state index contributed by atoms with van der Waals surface area (Å²) < 4.78 is 9.86. The molecule has 4 heteroatoms. The van der Waals surface area contributed by atoms with Crippen LogP contribution in [0.5, 0.6) is 5.75 Å². The second-order valence-electron chi connectivity index (χ2n) is 4.87. The second kappa shape index (κ2) is 5.87. The van der Waals surface area contributed by atoms with Crippen molar-refractivity contribution < 1.29 is 14.3 Å². The minimum Gasteiger partial charge on any atom is -0.497 e. The highest BCUT2D eigenvalue weighted by molar-refractivity contribution is 5.76. The van der Waals surface area contributed by atoms with Crippen molar-refractivity contribution in [3.05, 3.63) is 29.8 Å². The lowest BCUT2D eigenvalue weighted by atomic mass is 9.81. The van der Waals surface area contributed by atoms with E-state index in [0.29, 0.717) is 6.42 Å². The summed E-state index contributed by atoms with van der Waals surface area (Å²) >= 11 is 0. The Morgan fingerprint density at radius 2 is 1.83 bits per heavy atom. The Hall–Kier alpha value is -1.55. The molecule has 0 heterocycles. The minimum atomic E-state index is -0.700. The molecule has 0 bridgehead atoms. The van der Waals surface area contributed by atoms with Crippen LogP contribution in [0.25, 0.3) is 0 Å². The molecule has 1 rings (SSSR count). The van der Waals surface area contributed by atoms with Gasteiger partial charge in [-0.2, -0.15) is 0 Å². The van der Waals surface area contributed by atoms with Crippen LogP contribution in [-0.2, 0) is 16.0 Å². The van der Waals surface area contributed by atoms with E-state index in [0.717, 1.165) is 11.3 Å². The first-order valence-electron chi connectivity index (χ1n) is 5.88. The first kappa shape index (κ1) is 14.5. The highest BCUT2D eigenvalue weighted by atomic mass is 16.5. The monoisotopic (exact) mass is 251 g/mol. The highest BCUT2D eigenvalue weighted by Crippen LogP contribution is 2.24. The molecule has 1 atom stereocenters. The molecule has 1 aromatic rings. The first-order chi connectivity index (χ1) is 8.41. The lowest BCUT2D eigenvalue weighted by Gasteiger charge is -2.28. The van der Waals surface area contributed by atoms with Crippen LogP contribution in [0.1, 0.15) is 19.4 Å². The zero-order valence-electron chi connectivity index (χ0n) is 11.4. The SMILES string of the molecule is COC(=O)C(C)(C)C(N)Cc1ccc(OC)cc1. The molecule has 0 fully saturated rings. The van der Waals surface area contributed by atoms with Crippen LogP contribution < -0.4 is 10.5 Å². The third kappa shape index (κ3) is 3.23. The van der Waals surface area contributed by atoms with Gasteiger partial charge in [0.05, 0.1) is 19.6 Å². The number of esters is 1. The molecule has 0 aliphatic carbocycles. The maximum absolute atomic E-state index is 11.6. The summed E-state index contributed by atoms with van der Waals surface area (Å²) in [6, 6.07) is 7.37. The van der Waals surface area contributed by atoms with Crippen molar-refractivity contribution in [3.8, 4) is 5.75 Å². The number of ether oxygens (including phenoxy) is 2. The van der Waals surface area contributed by atoms with E-state index in [9.17, 15) is 4.79 Å². The van der Waals surface area contributed by atoms with Crippen LogP contribution in [0.4, 0.5) is 0 Å². The molecular formula is C14H21NO3. The van der Waals surface area contributed by atoms with Gasteiger partial charge in [0.15, 0.2) is 0 Å². The van der Waals surface area contributed by atoms with Crippen LogP contribution in [0.3, 0.4) is 0 Å². The fourth-order valence-corrected chi connectivity index (χ4v) is 1.69. The van der Waals surface area contributed by atoms with Gasteiger partial charge < -0.3 is 15.2 Å². The molecule has 0 saturated carbocycles. The Morgan fingerprint density at radius 1 is 1.28 bits per heavy atom. The molecule has 1 aromatic carbocycles. The molecule has 0 amide bonds. The summed E-state index contributed by atoms with van der Waals surface area (Å²) in [5.41, 5.74) is 6.47. The van der Waals surface area contributed by atoms with E-state index >= 15 is 0 Å². The third-order valence-electron chi connectivity index (χ3n) is 3.25. The van der Waals surface area contributed by atoms with Gasteiger partial charge in [0.1, 0.15) is 5.75 Å². The van der Waals surface area contributed by atoms with E-state index in [2.05, 4.69) is 0 Å². The smallest absolute Gasteiger partial charge is 0.312 e. The van der Waals surface area contributed by atoms with Crippen molar-refractivity contribution in [2.24, 2.45) is 11.1 Å². The van der Waals surface area contributed by atoms with Crippen LogP contribution in [0.15, 0.2) is 24.3 Å². The summed E-state index contributed by atoms with van der Waals surface area (Å²) in [5, 5.41) is 0. The van der Waals surface area contributed by atoms with Crippen molar-refractivity contribution >= 4 is 5.97 Å². The molecule has 0 radical (unpaired) electrons. The van der Waals surface area contributed by atoms with Crippen LogP contribution in [0, 0.1) is 5.41 Å². The molecule has 2 N–H and O–H groups in total. The lowest BCUT2D eigenvalue weighted by molar-refractivity contribution is -0.151. The van der Waals surface area contributed by atoms with Gasteiger partial charge in [-0.1, -0.05) is 12.1 Å². The standard InChI is InChI=1S/C14H21NO3/c1-14(2,13(16)18-4)12(15)9-10-5-7-11(17-3)8-6-10/h5-8,12H,9,15H2,1-4H3. The van der Waals surface area contributed by atoms with Crippen molar-refractivity contribution in [2.45, 2.75) is 26.3 Å². The third-order valence-corrected chi connectivity index (χ3v) is 3.25. The minimum absolute atomic E-state index is 0.288. The predicted octanol–water partition coefficient (Wildman–Crippen LogP) is 1.76. The number of nitrogens with two attached hydrogens (primary N) is 1. The van der Waals surface area contributed by atoms with Gasteiger partial charge in [-0.05, 0) is 38.0 Å². The summed E-state index contributed by atoms with van der Waals surface area (Å²) in [7, 11) is 3.01. The number of rotatable bonds is 5. The largest absolute Gasteiger partial charge is 0.497 e. The number of hydrogen-bond donors (Lipinski definition) is 1. The number of hydrogen-bond acceptors (Lipinski definition) is 4. The molecule has 1 unspecified atom stereocenters. The number of methoxy groups -OCH3 is 2. The predicted molar refractivity (Wildman–Crippen MR) is 70.5 cm³/mol. The van der Waals surface area contributed by atoms with Gasteiger partial charge in [-0.25, -0.2) is 0 Å². The zero-order valence-corrected chi connectivity index (χ0v) is 11.4. The Labute approximate surface area is 108 Å². The molecule has 100 valence electrons. The Kier molecular flexibility index (Phi) is 4.73. The maximum atomic E-state index is 11.6. The average Bonchev–Trinajstić information content (AvgIpc) is 2.38. The molecule has 0 aliphatic heterocycles. The number of carbonyl (C=O) groups excluding carboxylic acids is 1. The van der Waals surface area contributed by atoms with Gasteiger partial charge in [0.2, 0.25) is 0 Å². The van der Waals surface area contributed by atoms with Crippen LogP contribution >= 0.6 is 0 Å². The average molecular weight is 251 g/mol. The van der Waals surface area contributed by atoms with Crippen molar-refractivity contribution in [3.63, 3.8) is 0 Å². The van der Waals surface area contributed by atoms with E-state index in [1.165, 1.54) is 7.11 Å². The molecule has 4 nitrogen and oxygen atoms in total. The summed E-state index contributed by atoms with van der Waals surface area (Å²) in [5.74, 6) is 0.517. The first-order valence-corrected chi connectivity index (χ1v) is 5.88. The Morgan fingerprint density at radius 3 is 2.28 bits per heavy atom. The molecular weight excluding hydrogens is 230 g/mol. The summed E-state index contributed by atoms with van der Waals surface area (Å²) in [6.45, 7) is 3.60. The Bertz CT molecular complexity index is 398. The normalized spacial score (nSPS) is 12.9. The summed E-state index contributed by atoms with van der Waals surface area (Å²) in [4.78, 5) is 11.6. The van der Waals surface area contributed by atoms with Gasteiger partial charge >= 0.3 is 5.97 Å². The highest BCUT2D eigenvalue weighted by Gasteiger charge is 2.35. The quantitative estimate of drug-likeness (QED) is 0.810. The zero-order chi connectivity index (χ0) is 13.8. The van der Waals surface area contributed by atoms with Crippen molar-refractivity contribution in [2.75, 3.05) is 14.2 Å². The van der Waals surface area contributed by atoms with Gasteiger partial charge in [0.25, 0.3) is 0 Å².